The summed E-state index contributed by atoms with van der Waals surface area (Å²) >= 11 is 16.8. The van der Waals surface area contributed by atoms with Crippen LogP contribution in [-0.2, 0) is 11.3 Å². The first kappa shape index (κ1) is 18.3. The van der Waals surface area contributed by atoms with Gasteiger partial charge >= 0.3 is 5.97 Å². The summed E-state index contributed by atoms with van der Waals surface area (Å²) in [5, 5.41) is 0. The Bertz CT molecular complexity index is 516. The predicted molar refractivity (Wildman–Crippen MR) is 84.5 cm³/mol. The third-order valence-electron chi connectivity index (χ3n) is 3.42. The molecule has 0 fully saturated rings. The molecule has 4 nitrogen and oxygen atoms in total. The average Bonchev–Trinajstić information content (AvgIpc) is 2.85. The summed E-state index contributed by atoms with van der Waals surface area (Å²) in [5.74, 6) is -0.804. The molecule has 0 aliphatic heterocycles. The molecular formula is C14H18Cl3NO3. The molecule has 0 radical (unpaired) electrons. The molecule has 0 saturated heterocycles. The monoisotopic (exact) mass is 353 g/mol. The standard InChI is InChI=1S/C14H18Cl3NO3/c1-4-9(5-2)7-18-8-10(12(19)14(15,16)17)6-11(18)13(20)21-3/h6,8-9H,4-5,7H2,1-3H3. The van der Waals surface area contributed by atoms with Crippen LogP contribution in [0.15, 0.2) is 12.3 Å². The van der Waals surface area contributed by atoms with Crippen molar-refractivity contribution in [3.63, 3.8) is 0 Å². The van der Waals surface area contributed by atoms with Crippen LogP contribution in [0.1, 0.15) is 47.5 Å². The van der Waals surface area contributed by atoms with Gasteiger partial charge in [0.25, 0.3) is 3.79 Å². The van der Waals surface area contributed by atoms with E-state index >= 15 is 0 Å². The van der Waals surface area contributed by atoms with E-state index in [-0.39, 0.29) is 11.3 Å². The molecule has 21 heavy (non-hydrogen) atoms. The fourth-order valence-electron chi connectivity index (χ4n) is 2.05. The van der Waals surface area contributed by atoms with Crippen LogP contribution in [0.5, 0.6) is 0 Å². The van der Waals surface area contributed by atoms with Crippen LogP contribution < -0.4 is 0 Å². The Kier molecular flexibility index (Phi) is 6.57. The van der Waals surface area contributed by atoms with Crippen molar-refractivity contribution >= 4 is 46.6 Å². The largest absolute Gasteiger partial charge is 0.464 e. The second kappa shape index (κ2) is 7.52. The zero-order valence-electron chi connectivity index (χ0n) is 12.2. The molecule has 1 rings (SSSR count). The van der Waals surface area contributed by atoms with E-state index in [2.05, 4.69) is 13.8 Å². The van der Waals surface area contributed by atoms with Crippen molar-refractivity contribution in [3.8, 4) is 0 Å². The summed E-state index contributed by atoms with van der Waals surface area (Å²) in [5.41, 5.74) is 0.461. The van der Waals surface area contributed by atoms with Gasteiger partial charge in [-0.05, 0) is 12.0 Å². The molecule has 0 unspecified atom stereocenters. The van der Waals surface area contributed by atoms with Crippen LogP contribution in [0.3, 0.4) is 0 Å². The lowest BCUT2D eigenvalue weighted by atomic mass is 10.0. The number of nitrogens with zero attached hydrogens (tertiary/aromatic N) is 1. The van der Waals surface area contributed by atoms with Crippen LogP contribution in [0.4, 0.5) is 0 Å². The van der Waals surface area contributed by atoms with E-state index in [9.17, 15) is 9.59 Å². The highest BCUT2D eigenvalue weighted by Crippen LogP contribution is 2.31. The van der Waals surface area contributed by atoms with E-state index in [1.807, 2.05) is 0 Å². The quantitative estimate of drug-likeness (QED) is 0.435. The van der Waals surface area contributed by atoms with Gasteiger partial charge in [0.2, 0.25) is 5.78 Å². The molecule has 1 heterocycles. The Labute approximate surface area is 139 Å². The molecule has 0 bridgehead atoms. The van der Waals surface area contributed by atoms with Crippen LogP contribution in [0.25, 0.3) is 0 Å². The van der Waals surface area contributed by atoms with Crippen LogP contribution in [0.2, 0.25) is 0 Å². The Morgan fingerprint density at radius 1 is 1.29 bits per heavy atom. The van der Waals surface area contributed by atoms with Crippen molar-refractivity contribution in [2.75, 3.05) is 7.11 Å². The van der Waals surface area contributed by atoms with Crippen molar-refractivity contribution in [2.24, 2.45) is 5.92 Å². The third kappa shape index (κ3) is 4.63. The zero-order valence-corrected chi connectivity index (χ0v) is 14.4. The highest BCUT2D eigenvalue weighted by Gasteiger charge is 2.33. The van der Waals surface area contributed by atoms with Crippen LogP contribution in [-0.4, -0.2) is 27.2 Å². The summed E-state index contributed by atoms with van der Waals surface area (Å²) in [6.45, 7) is 4.75. The first-order valence-electron chi connectivity index (χ1n) is 6.64. The molecule has 0 spiro atoms. The van der Waals surface area contributed by atoms with Gasteiger partial charge in [0.05, 0.1) is 7.11 Å². The molecule has 0 atom stereocenters. The Balaban J connectivity index is 3.19. The smallest absolute Gasteiger partial charge is 0.354 e. The summed E-state index contributed by atoms with van der Waals surface area (Å²) in [4.78, 5) is 23.8. The highest BCUT2D eigenvalue weighted by atomic mass is 35.6. The van der Waals surface area contributed by atoms with Gasteiger partial charge < -0.3 is 9.30 Å². The minimum absolute atomic E-state index is 0.182. The number of aromatic nitrogens is 1. The summed E-state index contributed by atoms with van der Waals surface area (Å²) in [6, 6.07) is 1.40. The van der Waals surface area contributed by atoms with Gasteiger partial charge in [-0.2, -0.15) is 0 Å². The maximum absolute atomic E-state index is 12.0. The molecule has 1 aromatic rings. The number of halogens is 3. The van der Waals surface area contributed by atoms with Crippen molar-refractivity contribution in [1.29, 1.82) is 0 Å². The van der Waals surface area contributed by atoms with Crippen molar-refractivity contribution in [3.05, 3.63) is 23.5 Å². The van der Waals surface area contributed by atoms with Gasteiger partial charge in [-0.3, -0.25) is 4.79 Å². The topological polar surface area (TPSA) is 48.3 Å². The number of rotatable bonds is 6. The number of carbonyl (C=O) groups excluding carboxylic acids is 2. The van der Waals surface area contributed by atoms with Gasteiger partial charge in [-0.15, -0.1) is 0 Å². The predicted octanol–water partition coefficient (Wildman–Crippen LogP) is 4.26. The minimum atomic E-state index is -2.05. The number of hydrogen-bond donors (Lipinski definition) is 0. The molecule has 0 aromatic carbocycles. The number of ether oxygens (including phenoxy) is 1. The van der Waals surface area contributed by atoms with E-state index in [1.165, 1.54) is 19.4 Å². The van der Waals surface area contributed by atoms with Crippen molar-refractivity contribution < 1.29 is 14.3 Å². The molecule has 1 aromatic heterocycles. The Hall–Kier alpha value is -0.710. The molecule has 0 aliphatic carbocycles. The van der Waals surface area contributed by atoms with Gasteiger partial charge in [-0.25, -0.2) is 4.79 Å². The van der Waals surface area contributed by atoms with E-state index in [0.29, 0.717) is 12.5 Å². The lowest BCUT2D eigenvalue weighted by Gasteiger charge is -2.15. The van der Waals surface area contributed by atoms with Gasteiger partial charge in [0.1, 0.15) is 5.69 Å². The number of esters is 1. The lowest BCUT2D eigenvalue weighted by Crippen LogP contribution is -2.18. The second-order valence-electron chi connectivity index (χ2n) is 4.77. The van der Waals surface area contributed by atoms with E-state index in [4.69, 9.17) is 39.5 Å². The van der Waals surface area contributed by atoms with Crippen LogP contribution >= 0.6 is 34.8 Å². The number of Topliss-reactive ketones (excluding diaryl/α,β-unsaturated/α-hetero) is 1. The SMILES string of the molecule is CCC(CC)Cn1cc(C(=O)C(Cl)(Cl)Cl)cc1C(=O)OC. The minimum Gasteiger partial charge on any atom is -0.464 e. The van der Waals surface area contributed by atoms with Crippen LogP contribution in [0, 0.1) is 5.92 Å². The molecule has 0 aliphatic rings. The van der Waals surface area contributed by atoms with Crippen molar-refractivity contribution in [2.45, 2.75) is 37.0 Å². The maximum atomic E-state index is 12.0. The number of ketones is 1. The second-order valence-corrected chi connectivity index (χ2v) is 7.05. The lowest BCUT2D eigenvalue weighted by molar-refractivity contribution is 0.0587. The van der Waals surface area contributed by atoms with E-state index < -0.39 is 15.5 Å². The first-order chi connectivity index (χ1) is 9.74. The third-order valence-corrected chi connectivity index (χ3v) is 3.94. The maximum Gasteiger partial charge on any atom is 0.354 e. The molecule has 0 N–H and O–H groups in total. The number of alkyl halides is 3. The summed E-state index contributed by atoms with van der Waals surface area (Å²) < 4.78 is 4.37. The normalized spacial score (nSPS) is 11.8. The molecule has 0 saturated carbocycles. The average molecular weight is 355 g/mol. The van der Waals surface area contributed by atoms with E-state index in [1.54, 1.807) is 4.57 Å². The van der Waals surface area contributed by atoms with E-state index in [0.717, 1.165) is 12.8 Å². The first-order valence-corrected chi connectivity index (χ1v) is 7.77. The summed E-state index contributed by atoms with van der Waals surface area (Å²) in [6.07, 6.45) is 3.46. The van der Waals surface area contributed by atoms with Gasteiger partial charge in [0, 0.05) is 18.3 Å². The zero-order chi connectivity index (χ0) is 16.2. The number of hydrogen-bond acceptors (Lipinski definition) is 3. The van der Waals surface area contributed by atoms with Crippen molar-refractivity contribution in [1.82, 2.24) is 4.57 Å². The number of methoxy groups -OCH3 is 1. The fraction of sp³-hybridized carbons (Fsp3) is 0.571. The Morgan fingerprint density at radius 3 is 2.29 bits per heavy atom. The molecule has 7 heteroatoms. The fourth-order valence-corrected chi connectivity index (χ4v) is 2.38. The highest BCUT2D eigenvalue weighted by molar-refractivity contribution is 6.77. The molecule has 118 valence electrons. The van der Waals surface area contributed by atoms with Gasteiger partial charge in [-0.1, -0.05) is 61.5 Å². The molecule has 0 amide bonds. The summed E-state index contributed by atoms with van der Waals surface area (Å²) in [7, 11) is 1.28. The number of carbonyl (C=O) groups is 2. The Morgan fingerprint density at radius 2 is 1.86 bits per heavy atom. The van der Waals surface area contributed by atoms with Gasteiger partial charge in [0.15, 0.2) is 0 Å². The molecular weight excluding hydrogens is 337 g/mol.